The number of ether oxygens (including phenoxy) is 1. The highest BCUT2D eigenvalue weighted by Gasteiger charge is 2.27. The number of sulfonamides is 1. The maximum Gasteiger partial charge on any atom is 0.333 e. The predicted molar refractivity (Wildman–Crippen MR) is 122 cm³/mol. The number of carbonyl (C=O) groups excluding carboxylic acids is 2. The van der Waals surface area contributed by atoms with Gasteiger partial charge in [0.15, 0.2) is 6.04 Å². The van der Waals surface area contributed by atoms with Gasteiger partial charge in [-0.15, -0.1) is 0 Å². The largest absolute Gasteiger partial charge is 0.467 e. The van der Waals surface area contributed by atoms with Gasteiger partial charge in [0.2, 0.25) is 15.9 Å². The Balaban J connectivity index is 1.71. The molecule has 2 aromatic carbocycles. The second-order valence-electron chi connectivity index (χ2n) is 7.85. The van der Waals surface area contributed by atoms with Crippen LogP contribution in [0.1, 0.15) is 42.9 Å². The van der Waals surface area contributed by atoms with Crippen LogP contribution in [0, 0.1) is 11.6 Å². The van der Waals surface area contributed by atoms with Gasteiger partial charge in [-0.1, -0.05) is 25.0 Å². The molecule has 0 aliphatic carbocycles. The van der Waals surface area contributed by atoms with E-state index in [0.29, 0.717) is 18.7 Å². The fourth-order valence-corrected chi connectivity index (χ4v) is 5.18. The number of nitrogens with one attached hydrogen (secondary N) is 1. The molecule has 1 N–H and O–H groups in total. The van der Waals surface area contributed by atoms with E-state index in [1.807, 2.05) is 0 Å². The number of benzene rings is 2. The zero-order valence-electron chi connectivity index (χ0n) is 18.7. The highest BCUT2D eigenvalue weighted by atomic mass is 32.2. The summed E-state index contributed by atoms with van der Waals surface area (Å²) in [6.45, 7) is 0.995. The molecule has 1 aliphatic rings. The van der Waals surface area contributed by atoms with Gasteiger partial charge in [-0.05, 0) is 54.8 Å². The molecule has 1 aliphatic heterocycles. The third-order valence-corrected chi connectivity index (χ3v) is 7.42. The Morgan fingerprint density at radius 2 is 1.68 bits per heavy atom. The summed E-state index contributed by atoms with van der Waals surface area (Å²) >= 11 is 0. The maximum absolute atomic E-state index is 14.1. The molecule has 2 aromatic rings. The van der Waals surface area contributed by atoms with Crippen LogP contribution in [0.3, 0.4) is 0 Å². The molecule has 1 fully saturated rings. The lowest BCUT2D eigenvalue weighted by Crippen LogP contribution is -2.34. The third-order valence-electron chi connectivity index (χ3n) is 5.50. The number of methoxy groups -OCH3 is 1. The number of carbonyl (C=O) groups is 2. The van der Waals surface area contributed by atoms with Crippen molar-refractivity contribution in [2.45, 2.75) is 36.6 Å². The van der Waals surface area contributed by atoms with Crippen LogP contribution in [0.2, 0.25) is 0 Å². The Hall–Kier alpha value is -3.11. The van der Waals surface area contributed by atoms with Crippen molar-refractivity contribution in [2.75, 3.05) is 20.2 Å². The normalized spacial score (nSPS) is 16.1. The van der Waals surface area contributed by atoms with Crippen molar-refractivity contribution in [3.63, 3.8) is 0 Å². The highest BCUT2D eigenvalue weighted by Crippen LogP contribution is 2.22. The number of hydrogen-bond acceptors (Lipinski definition) is 5. The van der Waals surface area contributed by atoms with Gasteiger partial charge in [0, 0.05) is 24.7 Å². The van der Waals surface area contributed by atoms with Crippen LogP contribution in [0.15, 0.2) is 53.4 Å². The maximum atomic E-state index is 14.1. The van der Waals surface area contributed by atoms with Gasteiger partial charge < -0.3 is 10.1 Å². The Morgan fingerprint density at radius 1 is 1.03 bits per heavy atom. The Labute approximate surface area is 197 Å². The van der Waals surface area contributed by atoms with Crippen LogP contribution in [0.4, 0.5) is 8.78 Å². The van der Waals surface area contributed by atoms with Gasteiger partial charge in [0.1, 0.15) is 11.6 Å². The molecule has 1 atom stereocenters. The monoisotopic (exact) mass is 492 g/mol. The van der Waals surface area contributed by atoms with E-state index in [9.17, 15) is 26.8 Å². The predicted octanol–water partition coefficient (Wildman–Crippen LogP) is 3.57. The van der Waals surface area contributed by atoms with Crippen molar-refractivity contribution < 1.29 is 31.5 Å². The number of halogens is 2. The van der Waals surface area contributed by atoms with Gasteiger partial charge in [-0.3, -0.25) is 4.79 Å². The fraction of sp³-hybridized carbons (Fsp3) is 0.333. The first kappa shape index (κ1) is 25.5. The first-order valence-electron chi connectivity index (χ1n) is 10.8. The summed E-state index contributed by atoms with van der Waals surface area (Å²) in [5.41, 5.74) is 0.174. The summed E-state index contributed by atoms with van der Waals surface area (Å²) in [4.78, 5) is 24.6. The van der Waals surface area contributed by atoms with E-state index in [-0.39, 0.29) is 10.5 Å². The van der Waals surface area contributed by atoms with Crippen LogP contribution in [0.25, 0.3) is 6.08 Å². The van der Waals surface area contributed by atoms with Gasteiger partial charge in [-0.2, -0.15) is 4.31 Å². The van der Waals surface area contributed by atoms with Crippen molar-refractivity contribution >= 4 is 28.0 Å². The van der Waals surface area contributed by atoms with Crippen LogP contribution in [-0.4, -0.2) is 44.8 Å². The van der Waals surface area contributed by atoms with Gasteiger partial charge >= 0.3 is 5.97 Å². The molecule has 0 saturated carbocycles. The van der Waals surface area contributed by atoms with E-state index in [0.717, 1.165) is 57.1 Å². The topological polar surface area (TPSA) is 92.8 Å². The highest BCUT2D eigenvalue weighted by molar-refractivity contribution is 7.89. The second kappa shape index (κ2) is 11.3. The molecular formula is C24H26F2N2O5S. The third kappa shape index (κ3) is 6.27. The molecule has 7 nitrogen and oxygen atoms in total. The van der Waals surface area contributed by atoms with E-state index in [2.05, 4.69) is 10.1 Å². The summed E-state index contributed by atoms with van der Waals surface area (Å²) in [7, 11) is -2.52. The number of esters is 1. The average Bonchev–Trinajstić information content (AvgIpc) is 3.13. The lowest BCUT2D eigenvalue weighted by molar-refractivity contribution is -0.144. The lowest BCUT2D eigenvalue weighted by atomic mass is 10.1. The summed E-state index contributed by atoms with van der Waals surface area (Å²) < 4.78 is 59.5. The number of nitrogens with zero attached hydrogens (tertiary/aromatic N) is 1. The average molecular weight is 493 g/mol. The van der Waals surface area contributed by atoms with Crippen LogP contribution in [0.5, 0.6) is 0 Å². The zero-order valence-corrected chi connectivity index (χ0v) is 19.5. The van der Waals surface area contributed by atoms with Crippen LogP contribution in [-0.2, 0) is 24.3 Å². The fourth-order valence-electron chi connectivity index (χ4n) is 3.66. The van der Waals surface area contributed by atoms with E-state index in [1.54, 1.807) is 12.1 Å². The van der Waals surface area contributed by atoms with Crippen molar-refractivity contribution in [2.24, 2.45) is 0 Å². The molecule has 182 valence electrons. The van der Waals surface area contributed by atoms with Crippen molar-refractivity contribution in [3.05, 3.63) is 71.3 Å². The molecule has 0 radical (unpaired) electrons. The summed E-state index contributed by atoms with van der Waals surface area (Å²) in [6.07, 6.45) is 6.21. The molecule has 0 unspecified atom stereocenters. The summed E-state index contributed by atoms with van der Waals surface area (Å²) in [5, 5.41) is 2.30. The Kier molecular flexibility index (Phi) is 8.51. The standard InChI is InChI=1S/C24H26F2N2O5S/c1-33-24(30)23(20-16-18(25)9-12-21(20)26)27-22(29)13-8-17-6-10-19(11-7-17)34(31,32)28-14-4-2-3-5-15-28/h6-13,16,23H,2-5,14-15H2,1H3,(H,27,29)/b13-8-/t23-/m1/s1. The van der Waals surface area contributed by atoms with Crippen molar-refractivity contribution in [1.82, 2.24) is 9.62 Å². The molecule has 10 heteroatoms. The minimum absolute atomic E-state index is 0.170. The summed E-state index contributed by atoms with van der Waals surface area (Å²) in [5.74, 6) is -3.36. The first-order chi connectivity index (χ1) is 16.2. The molecule has 34 heavy (non-hydrogen) atoms. The van der Waals surface area contributed by atoms with Gasteiger partial charge in [0.05, 0.1) is 12.0 Å². The Bertz CT molecular complexity index is 1160. The summed E-state index contributed by atoms with van der Waals surface area (Å²) in [6, 6.07) is 7.06. The zero-order chi connectivity index (χ0) is 24.7. The van der Waals surface area contributed by atoms with Gasteiger partial charge in [0.25, 0.3) is 0 Å². The smallest absolute Gasteiger partial charge is 0.333 e. The minimum atomic E-state index is -3.59. The van der Waals surface area contributed by atoms with E-state index in [4.69, 9.17) is 0 Å². The van der Waals surface area contributed by atoms with E-state index >= 15 is 0 Å². The first-order valence-corrected chi connectivity index (χ1v) is 12.3. The molecule has 0 bridgehead atoms. The quantitative estimate of drug-likeness (QED) is 0.471. The van der Waals surface area contributed by atoms with Crippen LogP contribution < -0.4 is 5.32 Å². The minimum Gasteiger partial charge on any atom is -0.467 e. The lowest BCUT2D eigenvalue weighted by Gasteiger charge is -2.19. The Morgan fingerprint density at radius 3 is 2.29 bits per heavy atom. The molecule has 3 rings (SSSR count). The number of hydrogen-bond donors (Lipinski definition) is 1. The number of amides is 1. The van der Waals surface area contributed by atoms with Crippen LogP contribution >= 0.6 is 0 Å². The molecule has 1 amide bonds. The molecule has 1 saturated heterocycles. The molecule has 0 aromatic heterocycles. The SMILES string of the molecule is COC(=O)[C@H](NC(=O)/C=C\c1ccc(S(=O)(=O)N2CCCCCC2)cc1)c1cc(F)ccc1F. The molecule has 0 spiro atoms. The second-order valence-corrected chi connectivity index (χ2v) is 9.79. The molecule has 1 heterocycles. The molecular weight excluding hydrogens is 466 g/mol. The van der Waals surface area contributed by atoms with E-state index < -0.39 is 39.6 Å². The van der Waals surface area contributed by atoms with Gasteiger partial charge in [-0.25, -0.2) is 22.0 Å². The number of rotatable bonds is 7. The van der Waals surface area contributed by atoms with E-state index in [1.165, 1.54) is 22.5 Å². The van der Waals surface area contributed by atoms with Crippen molar-refractivity contribution in [3.8, 4) is 0 Å². The van der Waals surface area contributed by atoms with Crippen molar-refractivity contribution in [1.29, 1.82) is 0 Å².